The van der Waals surface area contributed by atoms with E-state index in [9.17, 15) is 30.5 Å². The zero-order chi connectivity index (χ0) is 32.2. The van der Waals surface area contributed by atoms with E-state index in [4.69, 9.17) is 11.6 Å². The second kappa shape index (κ2) is 12.8. The molecule has 0 saturated heterocycles. The van der Waals surface area contributed by atoms with E-state index in [1.807, 2.05) is 48.5 Å². The van der Waals surface area contributed by atoms with Crippen LogP contribution in [0.1, 0.15) is 15.9 Å². The van der Waals surface area contributed by atoms with Crippen LogP contribution in [-0.4, -0.2) is 25.3 Å². The number of ketones is 1. The molecule has 0 aliphatic carbocycles. The zero-order valence-electron chi connectivity index (χ0n) is 22.1. The SMILES string of the molecule is O=C(c1ccccc1)c1ccc(Sc2ccc([S+](c3ccc(F)cc3)c3ccc(F)cc3)cc2)c(Cl)c1.[F][Sb-]([F])([F])([F])([F])[F]. The van der Waals surface area contributed by atoms with Gasteiger partial charge in [0.25, 0.3) is 0 Å². The van der Waals surface area contributed by atoms with Crippen LogP contribution in [0.3, 0.4) is 0 Å². The Morgan fingerprint density at radius 1 is 0.591 bits per heavy atom. The molecule has 0 spiro atoms. The molecule has 0 saturated carbocycles. The summed E-state index contributed by atoms with van der Waals surface area (Å²) in [5, 5.41) is 0.508. The average molecular weight is 782 g/mol. The Labute approximate surface area is 262 Å². The van der Waals surface area contributed by atoms with Gasteiger partial charge in [0.1, 0.15) is 11.6 Å². The Balaban J connectivity index is 0.000000566. The van der Waals surface area contributed by atoms with Crippen molar-refractivity contribution in [3.63, 3.8) is 0 Å². The fourth-order valence-corrected chi connectivity index (χ4v) is 6.96. The van der Waals surface area contributed by atoms with Gasteiger partial charge >= 0.3 is 36.4 Å². The van der Waals surface area contributed by atoms with Crippen LogP contribution in [0.5, 0.6) is 0 Å². The van der Waals surface area contributed by atoms with Crippen LogP contribution in [0.25, 0.3) is 0 Å². The molecular weight excluding hydrogens is 762 g/mol. The molecule has 0 radical (unpaired) electrons. The van der Waals surface area contributed by atoms with Crippen molar-refractivity contribution in [2.75, 3.05) is 0 Å². The topological polar surface area (TPSA) is 17.1 Å². The third-order valence-corrected chi connectivity index (χ3v) is 9.36. The van der Waals surface area contributed by atoms with E-state index in [0.29, 0.717) is 16.1 Å². The molecule has 0 bridgehead atoms. The van der Waals surface area contributed by atoms with Crippen LogP contribution in [-0.2, 0) is 10.9 Å². The van der Waals surface area contributed by atoms with Gasteiger partial charge in [-0.3, -0.25) is 4.79 Å². The van der Waals surface area contributed by atoms with Crippen LogP contribution >= 0.6 is 23.4 Å². The minimum atomic E-state index is -11.2. The number of halogens is 9. The van der Waals surface area contributed by atoms with E-state index < -0.39 is 30.4 Å². The Morgan fingerprint density at radius 2 is 1.02 bits per heavy atom. The fourth-order valence-electron chi connectivity index (χ4n) is 3.80. The molecule has 230 valence electrons. The molecule has 0 aliphatic rings. The monoisotopic (exact) mass is 780 g/mol. The molecule has 44 heavy (non-hydrogen) atoms. The van der Waals surface area contributed by atoms with Gasteiger partial charge in [0.05, 0.1) is 15.9 Å². The van der Waals surface area contributed by atoms with Crippen molar-refractivity contribution in [2.24, 2.45) is 0 Å². The zero-order valence-corrected chi connectivity index (χ0v) is 27.1. The molecule has 0 N–H and O–H groups in total. The number of hydrogen-bond acceptors (Lipinski definition) is 2. The van der Waals surface area contributed by atoms with E-state index >= 15 is 0 Å². The quantitative estimate of drug-likeness (QED) is 0.0708. The molecule has 13 heteroatoms. The van der Waals surface area contributed by atoms with Crippen molar-refractivity contribution in [3.05, 3.63) is 149 Å². The molecule has 1 nitrogen and oxygen atoms in total. The first-order valence-electron chi connectivity index (χ1n) is 12.4. The van der Waals surface area contributed by atoms with Gasteiger partial charge in [0, 0.05) is 20.9 Å². The first-order valence-corrected chi connectivity index (χ1v) is 20.6. The van der Waals surface area contributed by atoms with Crippen LogP contribution in [0.15, 0.2) is 146 Å². The Morgan fingerprint density at radius 3 is 1.45 bits per heavy atom. The summed E-state index contributed by atoms with van der Waals surface area (Å²) in [6.07, 6.45) is 0. The average Bonchev–Trinajstić information content (AvgIpc) is 2.95. The predicted octanol–water partition coefficient (Wildman–Crippen LogP) is 11.2. The molecule has 5 rings (SSSR count). The number of hydrogen-bond donors (Lipinski definition) is 0. The van der Waals surface area contributed by atoms with Gasteiger partial charge in [-0.1, -0.05) is 53.7 Å². The van der Waals surface area contributed by atoms with Crippen molar-refractivity contribution in [2.45, 2.75) is 24.5 Å². The maximum atomic E-state index is 13.6. The third-order valence-electron chi connectivity index (χ3n) is 5.62. The molecule has 0 atom stereocenters. The second-order valence-electron chi connectivity index (χ2n) is 9.09. The molecule has 0 unspecified atom stereocenters. The van der Waals surface area contributed by atoms with Crippen molar-refractivity contribution in [1.82, 2.24) is 0 Å². The number of carbonyl (C=O) groups is 1. The van der Waals surface area contributed by atoms with Crippen molar-refractivity contribution < 1.29 is 30.5 Å². The number of rotatable bonds is 7. The van der Waals surface area contributed by atoms with E-state index in [-0.39, 0.29) is 17.4 Å². The summed E-state index contributed by atoms with van der Waals surface area (Å²) in [6, 6.07) is 35.4. The summed E-state index contributed by atoms with van der Waals surface area (Å²) in [4.78, 5) is 17.5. The predicted molar refractivity (Wildman–Crippen MR) is 159 cm³/mol. The van der Waals surface area contributed by atoms with Gasteiger partial charge < -0.3 is 0 Å². The van der Waals surface area contributed by atoms with Crippen molar-refractivity contribution in [1.29, 1.82) is 0 Å². The molecule has 0 fully saturated rings. The standard InChI is InChI=1S/C31H20ClF2OS2.6FH.Sb/c32-29-20-22(31(35)21-4-2-1-3-5-21)6-19-30(29)36-25-11-17-28(18-12-25)37(26-13-7-23(33)8-14-26)27-15-9-24(34)10-16-27;;;;;;;/h1-20H;6*1H;/q+1;;;;;;;+5/p-6. The summed E-state index contributed by atoms with van der Waals surface area (Å²) < 4.78 is 86.7. The summed E-state index contributed by atoms with van der Waals surface area (Å²) in [5.41, 5.74) is 1.16. The molecular formula is C31H20ClF8OS2Sb. The number of carbonyl (C=O) groups excluding carboxylic acids is 1. The number of benzene rings is 5. The Hall–Kier alpha value is -2.98. The van der Waals surface area contributed by atoms with Gasteiger partial charge in [-0.2, -0.15) is 0 Å². The van der Waals surface area contributed by atoms with Crippen LogP contribution in [0, 0.1) is 11.6 Å². The van der Waals surface area contributed by atoms with Crippen molar-refractivity contribution in [3.8, 4) is 0 Å². The first kappa shape index (κ1) is 33.9. The van der Waals surface area contributed by atoms with Gasteiger partial charge in [-0.15, -0.1) is 0 Å². The second-order valence-corrected chi connectivity index (χ2v) is 18.1. The molecule has 0 amide bonds. The maximum absolute atomic E-state index is 13.6. The summed E-state index contributed by atoms with van der Waals surface area (Å²) in [5.74, 6) is -0.671. The molecule has 0 heterocycles. The van der Waals surface area contributed by atoms with Gasteiger partial charge in [0.2, 0.25) is 0 Å². The Bertz CT molecular complexity index is 1700. The molecule has 5 aromatic rings. The van der Waals surface area contributed by atoms with Crippen LogP contribution in [0.2, 0.25) is 5.02 Å². The van der Waals surface area contributed by atoms with E-state index in [2.05, 4.69) is 0 Å². The summed E-state index contributed by atoms with van der Waals surface area (Å²) in [7, 11) is -0.523. The van der Waals surface area contributed by atoms with Gasteiger partial charge in [-0.25, -0.2) is 8.78 Å². The fraction of sp³-hybridized carbons (Fsp3) is 0. The van der Waals surface area contributed by atoms with Crippen molar-refractivity contribution >= 4 is 59.5 Å². The Kier molecular flexibility index (Phi) is 9.85. The van der Waals surface area contributed by atoms with Gasteiger partial charge in [0.15, 0.2) is 20.5 Å². The summed E-state index contributed by atoms with van der Waals surface area (Å²) in [6.45, 7) is 0. The first-order chi connectivity index (χ1) is 20.4. The molecule has 0 aliphatic heterocycles. The van der Waals surface area contributed by atoms with E-state index in [0.717, 1.165) is 24.5 Å². The van der Waals surface area contributed by atoms with E-state index in [1.165, 1.54) is 36.0 Å². The molecule has 5 aromatic carbocycles. The van der Waals surface area contributed by atoms with Crippen LogP contribution in [0.4, 0.5) is 25.7 Å². The third kappa shape index (κ3) is 10.9. The van der Waals surface area contributed by atoms with Gasteiger partial charge in [-0.05, 0) is 91.0 Å². The van der Waals surface area contributed by atoms with Crippen LogP contribution < -0.4 is 0 Å². The normalized spacial score (nSPS) is 13.0. The van der Waals surface area contributed by atoms with E-state index in [1.54, 1.807) is 48.5 Å². The minimum absolute atomic E-state index is 0.0722. The molecule has 0 aromatic heterocycles. The summed E-state index contributed by atoms with van der Waals surface area (Å²) >= 11 is -3.20.